The van der Waals surface area contributed by atoms with Gasteiger partial charge in [0.05, 0.1) is 18.2 Å². The Labute approximate surface area is 86.5 Å². The van der Waals surface area contributed by atoms with E-state index in [9.17, 15) is 5.11 Å². The number of phenolic OH excluding ortho intramolecular Hbond substituents is 1. The molecular formula is C9H9ClN2O2. The molecule has 0 saturated heterocycles. The summed E-state index contributed by atoms with van der Waals surface area (Å²) < 4.78 is 4.88. The van der Waals surface area contributed by atoms with Gasteiger partial charge in [-0.15, -0.1) is 0 Å². The Morgan fingerprint density at radius 2 is 2.29 bits per heavy atom. The van der Waals surface area contributed by atoms with Gasteiger partial charge in [-0.2, -0.15) is 5.26 Å². The smallest absolute Gasteiger partial charge is 0.141 e. The molecule has 0 saturated carbocycles. The van der Waals surface area contributed by atoms with Crippen molar-refractivity contribution < 1.29 is 9.84 Å². The lowest BCUT2D eigenvalue weighted by atomic mass is 10.1. The van der Waals surface area contributed by atoms with Gasteiger partial charge in [-0.05, 0) is 6.07 Å². The number of nitrogens with zero attached hydrogens (tertiary/aromatic N) is 1. The summed E-state index contributed by atoms with van der Waals surface area (Å²) in [4.78, 5) is 0. The van der Waals surface area contributed by atoms with E-state index in [0.717, 1.165) is 0 Å². The van der Waals surface area contributed by atoms with Crippen molar-refractivity contribution in [1.82, 2.24) is 0 Å². The van der Waals surface area contributed by atoms with Crippen LogP contribution in [0, 0.1) is 11.3 Å². The van der Waals surface area contributed by atoms with Gasteiger partial charge < -0.3 is 15.6 Å². The fourth-order valence-corrected chi connectivity index (χ4v) is 1.28. The molecule has 14 heavy (non-hydrogen) atoms. The number of halogens is 1. The van der Waals surface area contributed by atoms with E-state index in [-0.39, 0.29) is 5.75 Å². The Bertz CT molecular complexity index is 387. The quantitative estimate of drug-likeness (QED) is 0.780. The topological polar surface area (TPSA) is 79.3 Å². The molecule has 0 aliphatic carbocycles. The fourth-order valence-electron chi connectivity index (χ4n) is 1.03. The van der Waals surface area contributed by atoms with Crippen LogP contribution in [0.25, 0.3) is 0 Å². The fraction of sp³-hybridized carbons (Fsp3) is 0.222. The molecule has 1 aromatic rings. The van der Waals surface area contributed by atoms with Crippen molar-refractivity contribution in [2.24, 2.45) is 5.73 Å². The van der Waals surface area contributed by atoms with Crippen LogP contribution in [-0.2, 0) is 0 Å². The summed E-state index contributed by atoms with van der Waals surface area (Å²) in [5, 5.41) is 18.4. The molecule has 0 fully saturated rings. The molecule has 74 valence electrons. The molecule has 5 heteroatoms. The number of methoxy groups -OCH3 is 1. The molecule has 1 atom stereocenters. The maximum absolute atomic E-state index is 9.48. The van der Waals surface area contributed by atoms with Gasteiger partial charge in [0.25, 0.3) is 0 Å². The predicted molar refractivity (Wildman–Crippen MR) is 52.2 cm³/mol. The molecule has 0 radical (unpaired) electrons. The predicted octanol–water partition coefficient (Wildman–Crippen LogP) is 1.58. The van der Waals surface area contributed by atoms with Crippen molar-refractivity contribution in [3.05, 3.63) is 22.7 Å². The van der Waals surface area contributed by atoms with Crippen molar-refractivity contribution in [2.75, 3.05) is 7.11 Å². The van der Waals surface area contributed by atoms with Gasteiger partial charge in [0.1, 0.15) is 17.5 Å². The number of hydrogen-bond acceptors (Lipinski definition) is 4. The first-order valence-corrected chi connectivity index (χ1v) is 4.19. The highest BCUT2D eigenvalue weighted by Gasteiger charge is 2.13. The highest BCUT2D eigenvalue weighted by molar-refractivity contribution is 6.32. The van der Waals surface area contributed by atoms with E-state index < -0.39 is 6.04 Å². The zero-order chi connectivity index (χ0) is 10.7. The monoisotopic (exact) mass is 212 g/mol. The van der Waals surface area contributed by atoms with E-state index in [1.807, 2.05) is 0 Å². The zero-order valence-corrected chi connectivity index (χ0v) is 8.25. The van der Waals surface area contributed by atoms with Gasteiger partial charge in [0.2, 0.25) is 0 Å². The molecule has 0 amide bonds. The molecule has 0 spiro atoms. The lowest BCUT2D eigenvalue weighted by Gasteiger charge is -2.09. The van der Waals surface area contributed by atoms with Crippen LogP contribution in [0.5, 0.6) is 11.5 Å². The van der Waals surface area contributed by atoms with E-state index in [2.05, 4.69) is 0 Å². The van der Waals surface area contributed by atoms with Crippen LogP contribution < -0.4 is 10.5 Å². The maximum Gasteiger partial charge on any atom is 0.141 e. The summed E-state index contributed by atoms with van der Waals surface area (Å²) in [6.45, 7) is 0. The average molecular weight is 213 g/mol. The molecule has 1 aromatic carbocycles. The Morgan fingerprint density at radius 1 is 1.64 bits per heavy atom. The van der Waals surface area contributed by atoms with E-state index in [1.165, 1.54) is 19.2 Å². The molecule has 0 aromatic heterocycles. The van der Waals surface area contributed by atoms with E-state index in [4.69, 9.17) is 27.3 Å². The molecule has 0 aliphatic rings. The first kappa shape index (κ1) is 10.6. The van der Waals surface area contributed by atoms with Crippen molar-refractivity contribution in [2.45, 2.75) is 6.04 Å². The van der Waals surface area contributed by atoms with Crippen LogP contribution in [0.15, 0.2) is 12.1 Å². The van der Waals surface area contributed by atoms with Crippen LogP contribution in [-0.4, -0.2) is 12.2 Å². The largest absolute Gasteiger partial charge is 0.507 e. The lowest BCUT2D eigenvalue weighted by Crippen LogP contribution is -2.07. The van der Waals surface area contributed by atoms with Crippen molar-refractivity contribution >= 4 is 11.6 Å². The number of nitrogens with two attached hydrogens (primary N) is 1. The second kappa shape index (κ2) is 4.18. The van der Waals surface area contributed by atoms with Gasteiger partial charge in [0.15, 0.2) is 0 Å². The number of benzene rings is 1. The molecule has 3 N–H and O–H groups in total. The van der Waals surface area contributed by atoms with Crippen LogP contribution in [0.2, 0.25) is 5.02 Å². The van der Waals surface area contributed by atoms with Gasteiger partial charge in [-0.25, -0.2) is 0 Å². The highest BCUT2D eigenvalue weighted by Crippen LogP contribution is 2.33. The SMILES string of the molecule is COc1cc(O)c(C(N)C#N)cc1Cl. The minimum Gasteiger partial charge on any atom is -0.507 e. The normalized spacial score (nSPS) is 11.9. The Morgan fingerprint density at radius 3 is 2.79 bits per heavy atom. The minimum absolute atomic E-state index is 0.0969. The molecule has 4 nitrogen and oxygen atoms in total. The van der Waals surface area contributed by atoms with E-state index >= 15 is 0 Å². The molecule has 0 heterocycles. The van der Waals surface area contributed by atoms with Gasteiger partial charge in [-0.3, -0.25) is 0 Å². The minimum atomic E-state index is -0.890. The van der Waals surface area contributed by atoms with E-state index in [1.54, 1.807) is 6.07 Å². The van der Waals surface area contributed by atoms with Crippen LogP contribution in [0.3, 0.4) is 0 Å². The number of nitriles is 1. The van der Waals surface area contributed by atoms with Crippen molar-refractivity contribution in [1.29, 1.82) is 5.26 Å². The molecular weight excluding hydrogens is 204 g/mol. The number of hydrogen-bond donors (Lipinski definition) is 2. The van der Waals surface area contributed by atoms with E-state index in [0.29, 0.717) is 16.3 Å². The van der Waals surface area contributed by atoms with Crippen LogP contribution in [0.1, 0.15) is 11.6 Å². The summed E-state index contributed by atoms with van der Waals surface area (Å²) in [6.07, 6.45) is 0. The summed E-state index contributed by atoms with van der Waals surface area (Å²) in [5.41, 5.74) is 5.73. The zero-order valence-electron chi connectivity index (χ0n) is 7.49. The molecule has 1 unspecified atom stereocenters. The summed E-state index contributed by atoms with van der Waals surface area (Å²) in [6, 6.07) is 3.66. The summed E-state index contributed by atoms with van der Waals surface area (Å²) in [5.74, 6) is 0.248. The summed E-state index contributed by atoms with van der Waals surface area (Å²) >= 11 is 5.80. The van der Waals surface area contributed by atoms with Gasteiger partial charge >= 0.3 is 0 Å². The Balaban J connectivity index is 3.23. The highest BCUT2D eigenvalue weighted by atomic mass is 35.5. The maximum atomic E-state index is 9.48. The Kier molecular flexibility index (Phi) is 3.18. The molecule has 0 aliphatic heterocycles. The Hall–Kier alpha value is -1.44. The van der Waals surface area contributed by atoms with Crippen molar-refractivity contribution in [3.63, 3.8) is 0 Å². The second-order valence-corrected chi connectivity index (χ2v) is 3.06. The number of rotatable bonds is 2. The standard InChI is InChI=1S/C9H9ClN2O2/c1-14-9-3-8(13)5(2-6(9)10)7(12)4-11/h2-3,7,13H,12H2,1H3. The first-order valence-electron chi connectivity index (χ1n) is 3.81. The van der Waals surface area contributed by atoms with Crippen LogP contribution in [0.4, 0.5) is 0 Å². The average Bonchev–Trinajstić information content (AvgIpc) is 2.19. The van der Waals surface area contributed by atoms with Gasteiger partial charge in [-0.1, -0.05) is 11.6 Å². The third-order valence-corrected chi connectivity index (χ3v) is 2.07. The number of ether oxygens (including phenoxy) is 1. The first-order chi connectivity index (χ1) is 6.60. The third-order valence-electron chi connectivity index (χ3n) is 1.78. The molecule has 1 rings (SSSR count). The summed E-state index contributed by atoms with van der Waals surface area (Å²) in [7, 11) is 1.44. The second-order valence-electron chi connectivity index (χ2n) is 2.65. The number of aromatic hydroxyl groups is 1. The third kappa shape index (κ3) is 1.90. The lowest BCUT2D eigenvalue weighted by molar-refractivity contribution is 0.406. The van der Waals surface area contributed by atoms with Crippen LogP contribution >= 0.6 is 11.6 Å². The molecule has 0 bridgehead atoms. The van der Waals surface area contributed by atoms with Gasteiger partial charge in [0, 0.05) is 11.6 Å². The van der Waals surface area contributed by atoms with Crippen molar-refractivity contribution in [3.8, 4) is 17.6 Å². The number of phenols is 1.